The average Bonchev–Trinajstić information content (AvgIpc) is 3.79. The number of benzene rings is 9. The van der Waals surface area contributed by atoms with Gasteiger partial charge in [0.1, 0.15) is 0 Å². The van der Waals surface area contributed by atoms with Crippen LogP contribution in [0.3, 0.4) is 0 Å². The van der Waals surface area contributed by atoms with E-state index >= 15 is 0 Å². The van der Waals surface area contributed by atoms with Crippen molar-refractivity contribution in [3.63, 3.8) is 0 Å². The SMILES string of the molecule is c1ccc(-c2ccc(-c3nc(-c4ccc(-c5ccccc5)cc4)nc(-c4ccc5c6c(ccc5c4)-c4ccccc4C64c5ccccc5-c5ccccc54)n3)cc2)cc1. The Bertz CT molecular complexity index is 3080. The Balaban J connectivity index is 1.03. The first kappa shape index (κ1) is 33.4. The molecule has 0 bridgehead atoms. The van der Waals surface area contributed by atoms with Crippen LogP contribution in [-0.2, 0) is 5.41 Å². The summed E-state index contributed by atoms with van der Waals surface area (Å²) < 4.78 is 0. The fourth-order valence-electron chi connectivity index (χ4n) is 9.72. The predicted molar refractivity (Wildman–Crippen MR) is 241 cm³/mol. The van der Waals surface area contributed by atoms with Crippen molar-refractivity contribution < 1.29 is 0 Å². The summed E-state index contributed by atoms with van der Waals surface area (Å²) in [5, 5.41) is 2.38. The molecule has 0 atom stereocenters. The highest BCUT2D eigenvalue weighted by Gasteiger charge is 2.52. The van der Waals surface area contributed by atoms with Crippen LogP contribution in [0.2, 0.25) is 0 Å². The van der Waals surface area contributed by atoms with Crippen LogP contribution < -0.4 is 0 Å². The minimum Gasteiger partial charge on any atom is -0.208 e. The number of aromatic nitrogens is 3. The maximum Gasteiger partial charge on any atom is 0.164 e. The van der Waals surface area contributed by atoms with Crippen LogP contribution in [0.1, 0.15) is 22.3 Å². The summed E-state index contributed by atoms with van der Waals surface area (Å²) in [5.41, 5.74) is 17.6. The van der Waals surface area contributed by atoms with E-state index in [2.05, 4.69) is 200 Å². The first-order valence-electron chi connectivity index (χ1n) is 20.2. The molecule has 0 saturated carbocycles. The molecule has 2 aliphatic rings. The van der Waals surface area contributed by atoms with Crippen molar-refractivity contribution in [2.24, 2.45) is 0 Å². The second-order valence-electron chi connectivity index (χ2n) is 15.5. The summed E-state index contributed by atoms with van der Waals surface area (Å²) in [4.78, 5) is 15.5. The van der Waals surface area contributed by atoms with E-state index in [0.717, 1.165) is 33.2 Å². The van der Waals surface area contributed by atoms with Crippen molar-refractivity contribution >= 4 is 10.8 Å². The van der Waals surface area contributed by atoms with Crippen LogP contribution in [0, 0.1) is 0 Å². The minimum atomic E-state index is -0.425. The molecule has 1 heterocycles. The van der Waals surface area contributed by atoms with Crippen LogP contribution >= 0.6 is 0 Å². The Morgan fingerprint density at radius 2 is 0.644 bits per heavy atom. The molecule has 12 rings (SSSR count). The molecule has 0 unspecified atom stereocenters. The number of hydrogen-bond donors (Lipinski definition) is 0. The Hall–Kier alpha value is -7.75. The van der Waals surface area contributed by atoms with Gasteiger partial charge in [-0.25, -0.2) is 15.0 Å². The zero-order valence-corrected chi connectivity index (χ0v) is 32.0. The van der Waals surface area contributed by atoms with E-state index in [1.807, 2.05) is 12.1 Å². The van der Waals surface area contributed by atoms with E-state index in [9.17, 15) is 0 Å². The molecule has 0 aliphatic heterocycles. The summed E-state index contributed by atoms with van der Waals surface area (Å²) in [7, 11) is 0. The topological polar surface area (TPSA) is 38.7 Å². The fourth-order valence-corrected chi connectivity index (χ4v) is 9.72. The van der Waals surface area contributed by atoms with E-state index in [1.165, 1.54) is 61.0 Å². The normalized spacial score (nSPS) is 12.9. The van der Waals surface area contributed by atoms with Gasteiger partial charge in [0.25, 0.3) is 0 Å². The molecule has 2 aliphatic carbocycles. The van der Waals surface area contributed by atoms with Gasteiger partial charge < -0.3 is 0 Å². The van der Waals surface area contributed by atoms with Gasteiger partial charge in [-0.3, -0.25) is 0 Å². The van der Waals surface area contributed by atoms with E-state index in [-0.39, 0.29) is 0 Å². The summed E-state index contributed by atoms with van der Waals surface area (Å²) in [6, 6.07) is 76.2. The van der Waals surface area contributed by atoms with Gasteiger partial charge >= 0.3 is 0 Å². The van der Waals surface area contributed by atoms with Gasteiger partial charge in [-0.2, -0.15) is 0 Å². The molecule has 274 valence electrons. The quantitative estimate of drug-likeness (QED) is 0.176. The lowest BCUT2D eigenvalue weighted by atomic mass is 9.69. The second-order valence-corrected chi connectivity index (χ2v) is 15.5. The third-order valence-corrected chi connectivity index (χ3v) is 12.4. The van der Waals surface area contributed by atoms with Crippen molar-refractivity contribution in [2.75, 3.05) is 0 Å². The van der Waals surface area contributed by atoms with Gasteiger partial charge in [-0.05, 0) is 83.6 Å². The molecule has 59 heavy (non-hydrogen) atoms. The van der Waals surface area contributed by atoms with Crippen molar-refractivity contribution in [3.05, 3.63) is 235 Å². The fraction of sp³-hybridized carbons (Fsp3) is 0.0179. The maximum absolute atomic E-state index is 5.19. The molecule has 9 aromatic carbocycles. The lowest BCUT2D eigenvalue weighted by molar-refractivity contribution is 0.801. The summed E-state index contributed by atoms with van der Waals surface area (Å²) in [6.07, 6.45) is 0. The molecule has 3 nitrogen and oxygen atoms in total. The molecule has 0 fully saturated rings. The van der Waals surface area contributed by atoms with Crippen molar-refractivity contribution in [1.82, 2.24) is 15.0 Å². The van der Waals surface area contributed by atoms with Gasteiger partial charge in [0, 0.05) is 16.7 Å². The van der Waals surface area contributed by atoms with Crippen molar-refractivity contribution in [2.45, 2.75) is 5.41 Å². The highest BCUT2D eigenvalue weighted by Crippen LogP contribution is 2.64. The minimum absolute atomic E-state index is 0.425. The Morgan fingerprint density at radius 1 is 0.271 bits per heavy atom. The molecule has 0 radical (unpaired) electrons. The highest BCUT2D eigenvalue weighted by atomic mass is 15.0. The zero-order valence-electron chi connectivity index (χ0n) is 32.0. The van der Waals surface area contributed by atoms with Crippen LogP contribution in [0.5, 0.6) is 0 Å². The predicted octanol–water partition coefficient (Wildman–Crippen LogP) is 13.7. The van der Waals surface area contributed by atoms with E-state index in [0.29, 0.717) is 17.5 Å². The van der Waals surface area contributed by atoms with E-state index in [1.54, 1.807) is 0 Å². The first-order chi connectivity index (χ1) is 29.2. The number of fused-ring (bicyclic) bond motifs is 12. The maximum atomic E-state index is 5.19. The largest absolute Gasteiger partial charge is 0.208 e. The van der Waals surface area contributed by atoms with Gasteiger partial charge in [0.2, 0.25) is 0 Å². The summed E-state index contributed by atoms with van der Waals surface area (Å²) in [5.74, 6) is 1.92. The van der Waals surface area contributed by atoms with Crippen LogP contribution in [0.25, 0.3) is 89.4 Å². The number of nitrogens with zero attached hydrogens (tertiary/aromatic N) is 3. The molecule has 10 aromatic rings. The van der Waals surface area contributed by atoms with Crippen LogP contribution in [0.4, 0.5) is 0 Å². The van der Waals surface area contributed by atoms with Gasteiger partial charge in [0.15, 0.2) is 17.5 Å². The lowest BCUT2D eigenvalue weighted by Gasteiger charge is -2.31. The molecule has 0 saturated heterocycles. The number of hydrogen-bond acceptors (Lipinski definition) is 3. The first-order valence-corrected chi connectivity index (χ1v) is 20.2. The Kier molecular flexibility index (Phi) is 7.45. The molecule has 3 heteroatoms. The average molecular weight is 750 g/mol. The molecular weight excluding hydrogens is 715 g/mol. The highest BCUT2D eigenvalue weighted by molar-refractivity contribution is 6.04. The molecule has 1 spiro atoms. The van der Waals surface area contributed by atoms with Gasteiger partial charge in [-0.15, -0.1) is 0 Å². The van der Waals surface area contributed by atoms with Crippen molar-refractivity contribution in [1.29, 1.82) is 0 Å². The third-order valence-electron chi connectivity index (χ3n) is 12.4. The van der Waals surface area contributed by atoms with Gasteiger partial charge in [-0.1, -0.05) is 206 Å². The molecule has 0 N–H and O–H groups in total. The third kappa shape index (κ3) is 5.11. The molecule has 1 aromatic heterocycles. The van der Waals surface area contributed by atoms with E-state index in [4.69, 9.17) is 15.0 Å². The Morgan fingerprint density at radius 3 is 1.14 bits per heavy atom. The van der Waals surface area contributed by atoms with Crippen LogP contribution in [0.15, 0.2) is 212 Å². The second kappa shape index (κ2) is 13.2. The zero-order chi connectivity index (χ0) is 38.9. The van der Waals surface area contributed by atoms with Crippen LogP contribution in [-0.4, -0.2) is 15.0 Å². The van der Waals surface area contributed by atoms with Crippen molar-refractivity contribution in [3.8, 4) is 78.7 Å². The molecular formula is C56H35N3. The Labute approximate surface area is 343 Å². The standard InChI is InChI=1S/C56H35N3/c1-3-13-36(14-4-1)38-23-27-40(28-24-38)53-57-54(41-29-25-39(26-30-41)37-15-5-2-6-16-37)59-55(58-53)43-32-33-44-42(35-43)31-34-48-47-19-9-12-22-51(47)56(52(44)48)49-20-10-7-17-45(49)46-18-8-11-21-50(46)56/h1-35H. The monoisotopic (exact) mass is 749 g/mol. The van der Waals surface area contributed by atoms with Gasteiger partial charge in [0.05, 0.1) is 5.41 Å². The number of rotatable bonds is 5. The van der Waals surface area contributed by atoms with E-state index < -0.39 is 5.41 Å². The smallest absolute Gasteiger partial charge is 0.164 e. The molecule has 0 amide bonds. The summed E-state index contributed by atoms with van der Waals surface area (Å²) in [6.45, 7) is 0. The summed E-state index contributed by atoms with van der Waals surface area (Å²) >= 11 is 0. The lowest BCUT2D eigenvalue weighted by Crippen LogP contribution is -2.26.